The van der Waals surface area contributed by atoms with Crippen LogP contribution in [0.4, 0.5) is 5.69 Å². The third-order valence-corrected chi connectivity index (χ3v) is 6.03. The van der Waals surface area contributed by atoms with Crippen LogP contribution in [0.2, 0.25) is 0 Å². The Kier molecular flexibility index (Phi) is 3.09. The number of fused-ring (bicyclic) bond motifs is 1. The summed E-state index contributed by atoms with van der Waals surface area (Å²) in [5, 5.41) is 5.96. The minimum atomic E-state index is 0.212. The molecule has 1 N–H and O–H groups in total. The van der Waals surface area contributed by atoms with E-state index in [0.29, 0.717) is 18.1 Å². The minimum absolute atomic E-state index is 0.212. The maximum absolute atomic E-state index is 5.90. The van der Waals surface area contributed by atoms with E-state index in [2.05, 4.69) is 60.9 Å². The molecule has 2 fully saturated rings. The van der Waals surface area contributed by atoms with Crippen molar-refractivity contribution in [3.05, 3.63) is 41.8 Å². The van der Waals surface area contributed by atoms with Crippen molar-refractivity contribution in [1.82, 2.24) is 0 Å². The third-order valence-electron chi connectivity index (χ3n) is 5.13. The molecule has 0 bridgehead atoms. The van der Waals surface area contributed by atoms with Gasteiger partial charge in [-0.1, -0.05) is 38.1 Å². The SMILES string of the molecule is CC1(C)C(Nc2ccccc2-c2cccs2)C2CCOC21. The van der Waals surface area contributed by atoms with Crippen LogP contribution in [-0.4, -0.2) is 18.8 Å². The zero-order valence-electron chi connectivity index (χ0n) is 12.5. The second-order valence-corrected chi connectivity index (χ2v) is 7.66. The topological polar surface area (TPSA) is 21.3 Å². The van der Waals surface area contributed by atoms with Crippen molar-refractivity contribution in [1.29, 1.82) is 0 Å². The number of rotatable bonds is 3. The fourth-order valence-corrected chi connectivity index (χ4v) is 4.81. The van der Waals surface area contributed by atoms with E-state index in [4.69, 9.17) is 4.74 Å². The van der Waals surface area contributed by atoms with Crippen molar-refractivity contribution in [3.8, 4) is 10.4 Å². The highest BCUT2D eigenvalue weighted by atomic mass is 32.1. The summed E-state index contributed by atoms with van der Waals surface area (Å²) >= 11 is 1.80. The zero-order valence-corrected chi connectivity index (χ0v) is 13.3. The molecule has 1 aliphatic carbocycles. The molecule has 4 rings (SSSR count). The predicted octanol–water partition coefficient (Wildman–Crippen LogP) is 4.64. The Morgan fingerprint density at radius 1 is 1.19 bits per heavy atom. The van der Waals surface area contributed by atoms with E-state index < -0.39 is 0 Å². The van der Waals surface area contributed by atoms with Gasteiger partial charge in [-0.15, -0.1) is 11.3 Å². The summed E-state index contributed by atoms with van der Waals surface area (Å²) in [5.74, 6) is 0.663. The number of benzene rings is 1. The first-order chi connectivity index (χ1) is 10.2. The third kappa shape index (κ3) is 2.02. The Morgan fingerprint density at radius 2 is 2.05 bits per heavy atom. The lowest BCUT2D eigenvalue weighted by atomic mass is 9.57. The molecule has 21 heavy (non-hydrogen) atoms. The number of ether oxygens (including phenoxy) is 1. The molecule has 3 heteroatoms. The molecule has 2 aromatic rings. The van der Waals surface area contributed by atoms with Gasteiger partial charge in [0.05, 0.1) is 6.10 Å². The van der Waals surface area contributed by atoms with E-state index in [1.807, 2.05) is 0 Å². The number of hydrogen-bond acceptors (Lipinski definition) is 3. The summed E-state index contributed by atoms with van der Waals surface area (Å²) in [6, 6.07) is 13.5. The van der Waals surface area contributed by atoms with Crippen LogP contribution in [-0.2, 0) is 4.74 Å². The summed E-state index contributed by atoms with van der Waals surface area (Å²) in [4.78, 5) is 1.33. The summed E-state index contributed by atoms with van der Waals surface area (Å²) in [6.07, 6.45) is 1.62. The molecule has 1 aromatic heterocycles. The Balaban J connectivity index is 1.64. The summed E-state index contributed by atoms with van der Waals surface area (Å²) in [5.41, 5.74) is 2.78. The average molecular weight is 299 g/mol. The van der Waals surface area contributed by atoms with Gasteiger partial charge in [-0.2, -0.15) is 0 Å². The molecule has 0 amide bonds. The Morgan fingerprint density at radius 3 is 2.86 bits per heavy atom. The van der Waals surface area contributed by atoms with Crippen molar-refractivity contribution in [3.63, 3.8) is 0 Å². The molecule has 2 nitrogen and oxygen atoms in total. The second kappa shape index (κ2) is 4.85. The van der Waals surface area contributed by atoms with Crippen LogP contribution in [0, 0.1) is 11.3 Å². The molecule has 3 atom stereocenters. The van der Waals surface area contributed by atoms with E-state index in [0.717, 1.165) is 6.61 Å². The van der Waals surface area contributed by atoms with E-state index >= 15 is 0 Å². The highest BCUT2D eigenvalue weighted by Crippen LogP contribution is 2.53. The van der Waals surface area contributed by atoms with E-state index in [9.17, 15) is 0 Å². The lowest BCUT2D eigenvalue weighted by Crippen LogP contribution is -2.63. The van der Waals surface area contributed by atoms with Gasteiger partial charge in [0, 0.05) is 40.1 Å². The second-order valence-electron chi connectivity index (χ2n) is 6.71. The highest BCUT2D eigenvalue weighted by Gasteiger charge is 2.59. The van der Waals surface area contributed by atoms with Crippen molar-refractivity contribution in [2.45, 2.75) is 32.4 Å². The maximum atomic E-state index is 5.90. The molecule has 2 heterocycles. The monoisotopic (exact) mass is 299 g/mol. The number of para-hydroxylation sites is 1. The van der Waals surface area contributed by atoms with Crippen LogP contribution in [0.5, 0.6) is 0 Å². The van der Waals surface area contributed by atoms with Crippen LogP contribution in [0.1, 0.15) is 20.3 Å². The van der Waals surface area contributed by atoms with Gasteiger partial charge in [0.2, 0.25) is 0 Å². The van der Waals surface area contributed by atoms with Crippen molar-refractivity contribution in [2.24, 2.45) is 11.3 Å². The summed E-state index contributed by atoms with van der Waals surface area (Å²) in [6.45, 7) is 5.57. The van der Waals surface area contributed by atoms with Gasteiger partial charge in [0.15, 0.2) is 0 Å². The largest absolute Gasteiger partial charge is 0.381 e. The van der Waals surface area contributed by atoms with Gasteiger partial charge in [-0.3, -0.25) is 0 Å². The van der Waals surface area contributed by atoms with Crippen molar-refractivity contribution < 1.29 is 4.74 Å². The summed E-state index contributed by atoms with van der Waals surface area (Å²) in [7, 11) is 0. The van der Waals surface area contributed by atoms with Gasteiger partial charge in [-0.05, 0) is 23.9 Å². The fraction of sp³-hybridized carbons (Fsp3) is 0.444. The first-order valence-corrected chi connectivity index (χ1v) is 8.57. The standard InChI is InChI=1S/C18H21NOS/c1-18(2)16(13-9-10-20-17(13)18)19-14-7-4-3-6-12(14)15-8-5-11-21-15/h3-8,11,13,16-17,19H,9-10H2,1-2H3. The van der Waals surface area contributed by atoms with Crippen molar-refractivity contribution in [2.75, 3.05) is 11.9 Å². The lowest BCUT2D eigenvalue weighted by molar-refractivity contribution is -0.0922. The lowest BCUT2D eigenvalue weighted by Gasteiger charge is -2.55. The smallest absolute Gasteiger partial charge is 0.0694 e. The Hall–Kier alpha value is -1.32. The molecule has 110 valence electrons. The molecule has 2 aliphatic rings. The number of hydrogen-bond donors (Lipinski definition) is 1. The normalized spacial score (nSPS) is 29.7. The quantitative estimate of drug-likeness (QED) is 0.891. The fourth-order valence-electron chi connectivity index (χ4n) is 4.04. The minimum Gasteiger partial charge on any atom is -0.381 e. The van der Waals surface area contributed by atoms with Crippen molar-refractivity contribution >= 4 is 17.0 Å². The predicted molar refractivity (Wildman–Crippen MR) is 88.8 cm³/mol. The molecular weight excluding hydrogens is 278 g/mol. The van der Waals surface area contributed by atoms with Gasteiger partial charge < -0.3 is 10.1 Å². The van der Waals surface area contributed by atoms with Crippen LogP contribution < -0.4 is 5.32 Å². The number of thiophene rings is 1. The summed E-state index contributed by atoms with van der Waals surface area (Å²) < 4.78 is 5.90. The van der Waals surface area contributed by atoms with Crippen LogP contribution in [0.3, 0.4) is 0 Å². The van der Waals surface area contributed by atoms with E-state index in [-0.39, 0.29) is 5.41 Å². The Bertz CT molecular complexity index is 634. The number of nitrogens with one attached hydrogen (secondary N) is 1. The van der Waals surface area contributed by atoms with E-state index in [1.54, 1.807) is 11.3 Å². The number of anilines is 1. The van der Waals surface area contributed by atoms with Gasteiger partial charge in [-0.25, -0.2) is 0 Å². The first kappa shape index (κ1) is 13.4. The van der Waals surface area contributed by atoms with Crippen LogP contribution in [0.25, 0.3) is 10.4 Å². The van der Waals surface area contributed by atoms with E-state index in [1.165, 1.54) is 22.5 Å². The molecule has 3 unspecified atom stereocenters. The Labute approximate surface area is 130 Å². The van der Waals surface area contributed by atoms with Crippen LogP contribution in [0.15, 0.2) is 41.8 Å². The zero-order chi connectivity index (χ0) is 14.4. The molecule has 1 aliphatic heterocycles. The molecule has 1 saturated heterocycles. The molecular formula is C18H21NOS. The first-order valence-electron chi connectivity index (χ1n) is 7.69. The van der Waals surface area contributed by atoms with Crippen LogP contribution >= 0.6 is 11.3 Å². The maximum Gasteiger partial charge on any atom is 0.0694 e. The van der Waals surface area contributed by atoms with Gasteiger partial charge in [0.1, 0.15) is 0 Å². The molecule has 1 saturated carbocycles. The molecule has 0 radical (unpaired) electrons. The average Bonchev–Trinajstić information content (AvgIpc) is 3.15. The molecule has 0 spiro atoms. The van der Waals surface area contributed by atoms with Gasteiger partial charge in [0.25, 0.3) is 0 Å². The molecule has 1 aromatic carbocycles. The van der Waals surface area contributed by atoms with Gasteiger partial charge >= 0.3 is 0 Å². The highest BCUT2D eigenvalue weighted by molar-refractivity contribution is 7.13.